The molecule has 2 heterocycles. The lowest BCUT2D eigenvalue weighted by molar-refractivity contribution is -0.116. The molecule has 1 N–H and O–H groups in total. The van der Waals surface area contributed by atoms with Crippen LogP contribution in [-0.4, -0.2) is 28.0 Å². The smallest absolute Gasteiger partial charge is 0.348 e. The van der Waals surface area contributed by atoms with Crippen LogP contribution >= 0.6 is 34.5 Å². The zero-order valence-corrected chi connectivity index (χ0v) is 20.3. The lowest BCUT2D eigenvalue weighted by atomic mass is 10.2. The lowest BCUT2D eigenvalue weighted by Gasteiger charge is -2.09. The van der Waals surface area contributed by atoms with Crippen molar-refractivity contribution in [3.63, 3.8) is 0 Å². The number of carbonyl (C=O) groups is 2. The first-order chi connectivity index (χ1) is 16.3. The molecule has 2 aromatic heterocycles. The van der Waals surface area contributed by atoms with Gasteiger partial charge in [0.2, 0.25) is 5.91 Å². The van der Waals surface area contributed by atoms with Gasteiger partial charge < -0.3 is 10.1 Å². The molecule has 0 fully saturated rings. The van der Waals surface area contributed by atoms with Gasteiger partial charge in [0, 0.05) is 6.42 Å². The van der Waals surface area contributed by atoms with Gasteiger partial charge in [-0.2, -0.15) is 0 Å². The molecule has 0 atom stereocenters. The number of hydrogen-bond donors (Lipinski definition) is 1. The number of nitrogens with one attached hydrogen (secondary N) is 1. The van der Waals surface area contributed by atoms with Gasteiger partial charge in [-0.15, -0.1) is 11.3 Å². The summed E-state index contributed by atoms with van der Waals surface area (Å²) in [5.74, 6) is -0.975. The summed E-state index contributed by atoms with van der Waals surface area (Å²) < 4.78 is 6.59. The second-order valence-electron chi connectivity index (χ2n) is 7.44. The first-order valence-corrected chi connectivity index (χ1v) is 11.9. The SMILES string of the molecule is Cc1c(C(=O)OCCc2ccccc2)sc2ncn(CC(=O)Nc3cccc(Cl)c3Cl)c(=O)c12. The minimum absolute atomic E-state index is 0.211. The second kappa shape index (κ2) is 10.4. The van der Waals surface area contributed by atoms with Crippen LogP contribution in [0.3, 0.4) is 0 Å². The Morgan fingerprint density at radius 1 is 1.12 bits per heavy atom. The Kier molecular flexibility index (Phi) is 7.31. The van der Waals surface area contributed by atoms with Crippen LogP contribution in [0, 0.1) is 6.92 Å². The second-order valence-corrected chi connectivity index (χ2v) is 9.22. The number of thiophene rings is 1. The molecule has 34 heavy (non-hydrogen) atoms. The zero-order chi connectivity index (χ0) is 24.2. The van der Waals surface area contributed by atoms with Crippen LogP contribution in [0.15, 0.2) is 59.7 Å². The van der Waals surface area contributed by atoms with Crippen LogP contribution in [0.25, 0.3) is 10.2 Å². The fourth-order valence-corrected chi connectivity index (χ4v) is 4.76. The minimum atomic E-state index is -0.504. The summed E-state index contributed by atoms with van der Waals surface area (Å²) in [5, 5.41) is 3.44. The van der Waals surface area contributed by atoms with Gasteiger partial charge in [-0.3, -0.25) is 14.2 Å². The standard InChI is InChI=1S/C24H19Cl2N3O4S/c1-14-19-22(34-21(14)24(32)33-11-10-15-6-3-2-4-7-15)27-13-29(23(19)31)12-18(30)28-17-9-5-8-16(25)20(17)26/h2-9,13H,10-12H2,1H3,(H,28,30). The fraction of sp³-hybridized carbons (Fsp3) is 0.167. The average molecular weight is 516 g/mol. The average Bonchev–Trinajstić information content (AvgIpc) is 3.16. The third-order valence-corrected chi connectivity index (χ3v) is 7.11. The molecule has 7 nitrogen and oxygen atoms in total. The van der Waals surface area contributed by atoms with E-state index >= 15 is 0 Å². The number of nitrogens with zero attached hydrogens (tertiary/aromatic N) is 2. The van der Waals surface area contributed by atoms with Gasteiger partial charge in [0.15, 0.2) is 0 Å². The van der Waals surface area contributed by atoms with Crippen LogP contribution in [0.1, 0.15) is 20.8 Å². The maximum absolute atomic E-state index is 13.0. The molecule has 0 aliphatic rings. The number of carbonyl (C=O) groups excluding carboxylic acids is 2. The van der Waals surface area contributed by atoms with E-state index in [1.807, 2.05) is 30.3 Å². The molecule has 0 spiro atoms. The van der Waals surface area contributed by atoms with Gasteiger partial charge in [0.05, 0.1) is 34.1 Å². The maximum Gasteiger partial charge on any atom is 0.348 e. The highest BCUT2D eigenvalue weighted by molar-refractivity contribution is 7.20. The highest BCUT2D eigenvalue weighted by Gasteiger charge is 2.21. The summed E-state index contributed by atoms with van der Waals surface area (Å²) in [6.45, 7) is 1.61. The van der Waals surface area contributed by atoms with E-state index in [9.17, 15) is 14.4 Å². The first kappa shape index (κ1) is 23.9. The van der Waals surface area contributed by atoms with Crippen LogP contribution in [0.5, 0.6) is 0 Å². The first-order valence-electron chi connectivity index (χ1n) is 10.3. The number of anilines is 1. The molecule has 10 heteroatoms. The molecular formula is C24H19Cl2N3O4S. The Morgan fingerprint density at radius 3 is 2.65 bits per heavy atom. The highest BCUT2D eigenvalue weighted by atomic mass is 35.5. The summed E-state index contributed by atoms with van der Waals surface area (Å²) in [6.07, 6.45) is 1.87. The highest BCUT2D eigenvalue weighted by Crippen LogP contribution is 2.30. The normalized spacial score (nSPS) is 10.9. The Morgan fingerprint density at radius 2 is 1.88 bits per heavy atom. The Bertz CT molecular complexity index is 1430. The molecule has 0 unspecified atom stereocenters. The van der Waals surface area contributed by atoms with Crippen molar-refractivity contribution in [2.24, 2.45) is 0 Å². The maximum atomic E-state index is 13.0. The van der Waals surface area contributed by atoms with Crippen molar-refractivity contribution in [3.8, 4) is 0 Å². The molecule has 2 aromatic carbocycles. The molecule has 4 aromatic rings. The van der Waals surface area contributed by atoms with Crippen molar-refractivity contribution < 1.29 is 14.3 Å². The molecule has 0 aliphatic carbocycles. The molecule has 0 saturated heterocycles. The number of halogens is 2. The molecule has 0 bridgehead atoms. The third kappa shape index (κ3) is 5.14. The van der Waals surface area contributed by atoms with E-state index in [0.717, 1.165) is 16.9 Å². The molecular weight excluding hydrogens is 497 g/mol. The third-order valence-electron chi connectivity index (χ3n) is 5.11. The summed E-state index contributed by atoms with van der Waals surface area (Å²) in [4.78, 5) is 43.2. The van der Waals surface area contributed by atoms with E-state index in [4.69, 9.17) is 27.9 Å². The van der Waals surface area contributed by atoms with Crippen LogP contribution in [0.4, 0.5) is 5.69 Å². The van der Waals surface area contributed by atoms with Gasteiger partial charge in [0.25, 0.3) is 5.56 Å². The summed E-state index contributed by atoms with van der Waals surface area (Å²) >= 11 is 13.2. The number of fused-ring (bicyclic) bond motifs is 1. The van der Waals surface area contributed by atoms with Crippen molar-refractivity contribution in [1.29, 1.82) is 0 Å². The van der Waals surface area contributed by atoms with Gasteiger partial charge in [-0.05, 0) is 30.2 Å². The number of aromatic nitrogens is 2. The van der Waals surface area contributed by atoms with Crippen molar-refractivity contribution in [2.45, 2.75) is 19.9 Å². The predicted molar refractivity (Wildman–Crippen MR) is 134 cm³/mol. The van der Waals surface area contributed by atoms with Crippen LogP contribution < -0.4 is 10.9 Å². The number of hydrogen-bond acceptors (Lipinski definition) is 6. The predicted octanol–water partition coefficient (Wildman–Crippen LogP) is 5.11. The Balaban J connectivity index is 1.49. The Hall–Kier alpha value is -3.20. The van der Waals surface area contributed by atoms with Gasteiger partial charge in [-0.1, -0.05) is 59.6 Å². The fourth-order valence-electron chi connectivity index (χ4n) is 3.38. The zero-order valence-electron chi connectivity index (χ0n) is 18.0. The topological polar surface area (TPSA) is 90.3 Å². The van der Waals surface area contributed by atoms with E-state index in [0.29, 0.717) is 32.4 Å². The number of amides is 1. The van der Waals surface area contributed by atoms with Gasteiger partial charge >= 0.3 is 5.97 Å². The van der Waals surface area contributed by atoms with E-state index < -0.39 is 17.4 Å². The van der Waals surface area contributed by atoms with Crippen molar-refractivity contribution >= 4 is 62.3 Å². The summed E-state index contributed by atoms with van der Waals surface area (Å²) in [5.41, 5.74) is 1.46. The van der Waals surface area contributed by atoms with Crippen molar-refractivity contribution in [2.75, 3.05) is 11.9 Å². The van der Waals surface area contributed by atoms with Crippen LogP contribution in [0.2, 0.25) is 10.0 Å². The van der Waals surface area contributed by atoms with E-state index in [1.54, 1.807) is 25.1 Å². The van der Waals surface area contributed by atoms with Crippen molar-refractivity contribution in [1.82, 2.24) is 9.55 Å². The number of benzene rings is 2. The van der Waals surface area contributed by atoms with Crippen molar-refractivity contribution in [3.05, 3.63) is 91.3 Å². The number of esters is 1. The molecule has 0 saturated carbocycles. The number of aryl methyl sites for hydroxylation is 1. The molecule has 0 aliphatic heterocycles. The minimum Gasteiger partial charge on any atom is -0.461 e. The van der Waals surface area contributed by atoms with Gasteiger partial charge in [0.1, 0.15) is 16.3 Å². The van der Waals surface area contributed by atoms with E-state index in [1.165, 1.54) is 10.9 Å². The van der Waals surface area contributed by atoms with E-state index in [-0.39, 0.29) is 23.6 Å². The monoisotopic (exact) mass is 515 g/mol. The van der Waals surface area contributed by atoms with Gasteiger partial charge in [-0.25, -0.2) is 9.78 Å². The van der Waals surface area contributed by atoms with Crippen LogP contribution in [-0.2, 0) is 22.5 Å². The lowest BCUT2D eigenvalue weighted by Crippen LogP contribution is -2.28. The largest absolute Gasteiger partial charge is 0.461 e. The molecule has 174 valence electrons. The molecule has 0 radical (unpaired) electrons. The number of ether oxygens (including phenoxy) is 1. The summed E-state index contributed by atoms with van der Waals surface area (Å²) in [6, 6.07) is 14.6. The summed E-state index contributed by atoms with van der Waals surface area (Å²) in [7, 11) is 0. The van der Waals surface area contributed by atoms with E-state index in [2.05, 4.69) is 10.3 Å². The quantitative estimate of drug-likeness (QED) is 0.345. The number of rotatable bonds is 7. The molecule has 1 amide bonds. The Labute approximate surface area is 208 Å². The molecule has 4 rings (SSSR count).